The number of benzene rings is 2. The van der Waals surface area contributed by atoms with Crippen LogP contribution in [-0.4, -0.2) is 12.1 Å². The molecular weight excluding hydrogens is 243 g/mol. The molecule has 0 aliphatic heterocycles. The number of carbonyl (C=O) groups excluding carboxylic acids is 2. The van der Waals surface area contributed by atoms with Gasteiger partial charge in [0.15, 0.2) is 5.78 Å². The average Bonchev–Trinajstić information content (AvgIpc) is 2.45. The minimum atomic E-state index is -0.436. The van der Waals surface area contributed by atoms with Crippen LogP contribution in [0.2, 0.25) is 0 Å². The zero-order chi connectivity index (χ0) is 13.7. The zero-order valence-electron chi connectivity index (χ0n) is 10.0. The molecular formula is C16H11FO2. The fourth-order valence-corrected chi connectivity index (χ4v) is 1.60. The molecule has 0 radical (unpaired) electrons. The van der Waals surface area contributed by atoms with E-state index in [-0.39, 0.29) is 5.78 Å². The first-order chi connectivity index (χ1) is 9.19. The monoisotopic (exact) mass is 254 g/mol. The number of aldehydes is 1. The summed E-state index contributed by atoms with van der Waals surface area (Å²) in [5.41, 5.74) is 1.68. The summed E-state index contributed by atoms with van der Waals surface area (Å²) in [5.74, 6) is -0.700. The lowest BCUT2D eigenvalue weighted by Crippen LogP contribution is -1.94. The second-order valence-electron chi connectivity index (χ2n) is 3.99. The van der Waals surface area contributed by atoms with Gasteiger partial charge in [-0.05, 0) is 23.8 Å². The molecule has 2 nitrogen and oxygen atoms in total. The van der Waals surface area contributed by atoms with Crippen LogP contribution < -0.4 is 0 Å². The number of hydrogen-bond acceptors (Lipinski definition) is 2. The fourth-order valence-electron chi connectivity index (χ4n) is 1.60. The minimum Gasteiger partial charge on any atom is -0.298 e. The largest absolute Gasteiger partial charge is 0.298 e. The highest BCUT2D eigenvalue weighted by Gasteiger charge is 2.02. The van der Waals surface area contributed by atoms with Crippen molar-refractivity contribution in [2.45, 2.75) is 0 Å². The summed E-state index contributed by atoms with van der Waals surface area (Å²) in [6.07, 6.45) is 3.76. The molecule has 94 valence electrons. The Morgan fingerprint density at radius 1 is 1.00 bits per heavy atom. The van der Waals surface area contributed by atoms with E-state index in [9.17, 15) is 14.0 Å². The molecule has 2 aromatic rings. The van der Waals surface area contributed by atoms with Gasteiger partial charge in [0, 0.05) is 11.1 Å². The first kappa shape index (κ1) is 12.9. The fraction of sp³-hybridized carbons (Fsp3) is 0. The Morgan fingerprint density at radius 2 is 1.68 bits per heavy atom. The summed E-state index contributed by atoms with van der Waals surface area (Å²) in [4.78, 5) is 22.3. The molecule has 0 N–H and O–H groups in total. The van der Waals surface area contributed by atoms with Crippen molar-refractivity contribution >= 4 is 18.1 Å². The van der Waals surface area contributed by atoms with Crippen LogP contribution in [0, 0.1) is 5.82 Å². The van der Waals surface area contributed by atoms with Crippen LogP contribution in [0.1, 0.15) is 26.3 Å². The Bertz CT molecular complexity index is 627. The number of allylic oxidation sites excluding steroid dienone is 1. The van der Waals surface area contributed by atoms with E-state index < -0.39 is 5.82 Å². The van der Waals surface area contributed by atoms with Gasteiger partial charge in [0.1, 0.15) is 12.1 Å². The number of halogens is 1. The van der Waals surface area contributed by atoms with Gasteiger partial charge in [0.05, 0.1) is 0 Å². The van der Waals surface area contributed by atoms with Crippen molar-refractivity contribution in [2.75, 3.05) is 0 Å². The molecule has 2 rings (SSSR count). The van der Waals surface area contributed by atoms with Gasteiger partial charge in [-0.3, -0.25) is 9.59 Å². The van der Waals surface area contributed by atoms with Crippen LogP contribution in [0.4, 0.5) is 4.39 Å². The maximum atomic E-state index is 13.0. The van der Waals surface area contributed by atoms with Crippen LogP contribution in [0.15, 0.2) is 54.6 Å². The Morgan fingerprint density at radius 3 is 2.32 bits per heavy atom. The minimum absolute atomic E-state index is 0.265. The lowest BCUT2D eigenvalue weighted by Gasteiger charge is -1.96. The van der Waals surface area contributed by atoms with Gasteiger partial charge in [-0.25, -0.2) is 4.39 Å². The van der Waals surface area contributed by atoms with Gasteiger partial charge in [-0.2, -0.15) is 0 Å². The summed E-state index contributed by atoms with van der Waals surface area (Å²) in [6, 6.07) is 12.3. The maximum absolute atomic E-state index is 13.0. The van der Waals surface area contributed by atoms with Crippen molar-refractivity contribution in [2.24, 2.45) is 0 Å². The molecule has 0 fully saturated rings. The summed E-state index contributed by atoms with van der Waals surface area (Å²) in [7, 11) is 0. The van der Waals surface area contributed by atoms with Crippen LogP contribution >= 0.6 is 0 Å². The Balaban J connectivity index is 2.13. The van der Waals surface area contributed by atoms with E-state index in [1.165, 1.54) is 24.3 Å². The van der Waals surface area contributed by atoms with Crippen molar-refractivity contribution < 1.29 is 14.0 Å². The van der Waals surface area contributed by atoms with E-state index in [1.54, 1.807) is 36.4 Å². The quantitative estimate of drug-likeness (QED) is 0.475. The first-order valence-corrected chi connectivity index (χ1v) is 5.72. The van der Waals surface area contributed by atoms with E-state index in [1.807, 2.05) is 0 Å². The molecule has 0 amide bonds. The third-order valence-corrected chi connectivity index (χ3v) is 2.61. The molecule has 0 aliphatic carbocycles. The summed E-state index contributed by atoms with van der Waals surface area (Å²) < 4.78 is 13.0. The highest BCUT2D eigenvalue weighted by Crippen LogP contribution is 2.08. The lowest BCUT2D eigenvalue weighted by molar-refractivity contribution is 0.104. The number of carbonyl (C=O) groups is 2. The molecule has 0 spiro atoms. The molecule has 0 saturated heterocycles. The number of rotatable bonds is 4. The van der Waals surface area contributed by atoms with E-state index in [2.05, 4.69) is 0 Å². The Labute approximate surface area is 110 Å². The van der Waals surface area contributed by atoms with E-state index in [4.69, 9.17) is 0 Å². The van der Waals surface area contributed by atoms with Crippen molar-refractivity contribution in [1.82, 2.24) is 0 Å². The van der Waals surface area contributed by atoms with Crippen molar-refractivity contribution in [3.05, 3.63) is 77.1 Å². The number of ketones is 1. The summed E-state index contributed by atoms with van der Waals surface area (Å²) in [6.45, 7) is 0. The van der Waals surface area contributed by atoms with Crippen molar-refractivity contribution in [3.8, 4) is 0 Å². The first-order valence-electron chi connectivity index (χ1n) is 5.72. The molecule has 0 bridgehead atoms. The van der Waals surface area contributed by atoms with Gasteiger partial charge >= 0.3 is 0 Å². The van der Waals surface area contributed by atoms with Gasteiger partial charge in [-0.1, -0.05) is 42.5 Å². The molecule has 0 unspecified atom stereocenters. The second-order valence-corrected chi connectivity index (χ2v) is 3.99. The molecule has 0 aliphatic rings. The third kappa shape index (κ3) is 3.45. The van der Waals surface area contributed by atoms with Gasteiger partial charge in [-0.15, -0.1) is 0 Å². The maximum Gasteiger partial charge on any atom is 0.185 e. The van der Waals surface area contributed by atoms with E-state index in [0.717, 1.165) is 11.8 Å². The molecule has 0 heterocycles. The van der Waals surface area contributed by atoms with Gasteiger partial charge in [0.2, 0.25) is 0 Å². The topological polar surface area (TPSA) is 34.1 Å². The highest BCUT2D eigenvalue weighted by molar-refractivity contribution is 6.06. The predicted molar refractivity (Wildman–Crippen MR) is 71.6 cm³/mol. The Kier molecular flexibility index (Phi) is 3.98. The SMILES string of the molecule is O=Cc1ccc(/C=C/C(=O)c2cccc(F)c2)cc1. The zero-order valence-corrected chi connectivity index (χ0v) is 10.0. The van der Waals surface area contributed by atoms with Crippen molar-refractivity contribution in [1.29, 1.82) is 0 Å². The van der Waals surface area contributed by atoms with Crippen LogP contribution in [0.5, 0.6) is 0 Å². The van der Waals surface area contributed by atoms with Gasteiger partial charge < -0.3 is 0 Å². The van der Waals surface area contributed by atoms with Crippen molar-refractivity contribution in [3.63, 3.8) is 0 Å². The molecule has 2 aromatic carbocycles. The third-order valence-electron chi connectivity index (χ3n) is 2.61. The van der Waals surface area contributed by atoms with Crippen LogP contribution in [-0.2, 0) is 0 Å². The summed E-state index contributed by atoms with van der Waals surface area (Å²) in [5, 5.41) is 0. The molecule has 0 atom stereocenters. The number of hydrogen-bond donors (Lipinski definition) is 0. The van der Waals surface area contributed by atoms with Gasteiger partial charge in [0.25, 0.3) is 0 Å². The molecule has 3 heteroatoms. The summed E-state index contributed by atoms with van der Waals surface area (Å²) >= 11 is 0. The predicted octanol–water partition coefficient (Wildman–Crippen LogP) is 3.53. The van der Waals surface area contributed by atoms with Crippen LogP contribution in [0.25, 0.3) is 6.08 Å². The Hall–Kier alpha value is -2.55. The van der Waals surface area contributed by atoms with E-state index >= 15 is 0 Å². The standard InChI is InChI=1S/C16H11FO2/c17-15-3-1-2-14(10-15)16(19)9-8-12-4-6-13(11-18)7-5-12/h1-11H/b9-8+. The second kappa shape index (κ2) is 5.87. The molecule has 19 heavy (non-hydrogen) atoms. The normalized spacial score (nSPS) is 10.6. The smallest absolute Gasteiger partial charge is 0.185 e. The average molecular weight is 254 g/mol. The van der Waals surface area contributed by atoms with E-state index in [0.29, 0.717) is 11.1 Å². The molecule has 0 saturated carbocycles. The molecule has 0 aromatic heterocycles. The highest BCUT2D eigenvalue weighted by atomic mass is 19.1. The van der Waals surface area contributed by atoms with Crippen LogP contribution in [0.3, 0.4) is 0 Å². The lowest BCUT2D eigenvalue weighted by atomic mass is 10.1.